The maximum Gasteiger partial charge on any atom is 0.514 e. The molecular formula is C14H20O5. The van der Waals surface area contributed by atoms with Crippen molar-refractivity contribution in [2.45, 2.75) is 33.3 Å². The molecule has 1 rings (SSSR count). The van der Waals surface area contributed by atoms with Gasteiger partial charge in [-0.25, -0.2) is 4.79 Å². The third-order valence-corrected chi connectivity index (χ3v) is 2.26. The molecule has 0 aliphatic rings. The van der Waals surface area contributed by atoms with Crippen LogP contribution in [-0.2, 0) is 4.74 Å². The fourth-order valence-corrected chi connectivity index (χ4v) is 1.46. The second-order valence-electron chi connectivity index (χ2n) is 5.04. The summed E-state index contributed by atoms with van der Waals surface area (Å²) in [6.45, 7) is 7.15. The molecule has 0 fully saturated rings. The Balaban J connectivity index is 2.94. The molecule has 5 heteroatoms. The number of aryl methyl sites for hydroxylation is 1. The van der Waals surface area contributed by atoms with Crippen LogP contribution < -0.4 is 14.2 Å². The van der Waals surface area contributed by atoms with E-state index in [4.69, 9.17) is 18.9 Å². The van der Waals surface area contributed by atoms with Crippen molar-refractivity contribution >= 4 is 6.16 Å². The van der Waals surface area contributed by atoms with Crippen molar-refractivity contribution in [2.75, 3.05) is 14.2 Å². The summed E-state index contributed by atoms with van der Waals surface area (Å²) in [6, 6.07) is 3.33. The molecule has 5 nitrogen and oxygen atoms in total. The second kappa shape index (κ2) is 5.82. The molecule has 0 N–H and O–H groups in total. The average molecular weight is 268 g/mol. The average Bonchev–Trinajstić information content (AvgIpc) is 2.26. The van der Waals surface area contributed by atoms with Gasteiger partial charge in [0.1, 0.15) is 11.4 Å². The number of carbonyl (C=O) groups excluding carboxylic acids is 1. The number of methoxy groups -OCH3 is 2. The maximum absolute atomic E-state index is 11.6. The summed E-state index contributed by atoms with van der Waals surface area (Å²) in [5.74, 6) is 1.37. The van der Waals surface area contributed by atoms with Gasteiger partial charge in [-0.3, -0.25) is 0 Å². The normalized spacial score (nSPS) is 10.8. The Morgan fingerprint density at radius 2 is 1.58 bits per heavy atom. The van der Waals surface area contributed by atoms with E-state index >= 15 is 0 Å². The molecule has 0 spiro atoms. The molecule has 0 aliphatic heterocycles. The minimum atomic E-state index is -0.768. The molecule has 0 amide bonds. The fraction of sp³-hybridized carbons (Fsp3) is 0.500. The first-order valence-electron chi connectivity index (χ1n) is 5.90. The van der Waals surface area contributed by atoms with Gasteiger partial charge in [-0.2, -0.15) is 0 Å². The number of rotatable bonds is 3. The predicted octanol–water partition coefficient (Wildman–Crippen LogP) is 3.33. The molecule has 0 aliphatic carbocycles. The van der Waals surface area contributed by atoms with E-state index in [9.17, 15) is 4.79 Å². The number of hydrogen-bond donors (Lipinski definition) is 0. The number of ether oxygens (including phenoxy) is 4. The van der Waals surface area contributed by atoms with E-state index in [1.165, 1.54) is 7.11 Å². The first-order valence-corrected chi connectivity index (χ1v) is 5.90. The lowest BCUT2D eigenvalue weighted by Gasteiger charge is -2.19. The molecule has 0 saturated carbocycles. The van der Waals surface area contributed by atoms with E-state index < -0.39 is 11.8 Å². The molecule has 0 aromatic heterocycles. The highest BCUT2D eigenvalue weighted by Crippen LogP contribution is 2.34. The van der Waals surface area contributed by atoms with Gasteiger partial charge in [0.2, 0.25) is 0 Å². The topological polar surface area (TPSA) is 54.0 Å². The smallest absolute Gasteiger partial charge is 0.496 e. The second-order valence-corrected chi connectivity index (χ2v) is 5.04. The fourth-order valence-electron chi connectivity index (χ4n) is 1.46. The largest absolute Gasteiger partial charge is 0.514 e. The van der Waals surface area contributed by atoms with Gasteiger partial charge in [0.05, 0.1) is 14.2 Å². The summed E-state index contributed by atoms with van der Waals surface area (Å²) in [7, 11) is 3.06. The van der Waals surface area contributed by atoms with E-state index in [1.807, 2.05) is 6.92 Å². The zero-order valence-corrected chi connectivity index (χ0v) is 12.2. The van der Waals surface area contributed by atoms with Gasteiger partial charge in [0.25, 0.3) is 0 Å². The van der Waals surface area contributed by atoms with Crippen molar-refractivity contribution < 1.29 is 23.7 Å². The summed E-state index contributed by atoms with van der Waals surface area (Å²) in [5.41, 5.74) is 0.230. The lowest BCUT2D eigenvalue weighted by molar-refractivity contribution is 0.0200. The van der Waals surface area contributed by atoms with E-state index in [0.717, 1.165) is 5.56 Å². The quantitative estimate of drug-likeness (QED) is 0.621. The van der Waals surface area contributed by atoms with E-state index in [1.54, 1.807) is 40.0 Å². The van der Waals surface area contributed by atoms with Crippen LogP contribution in [0.5, 0.6) is 17.2 Å². The Hall–Kier alpha value is -1.91. The predicted molar refractivity (Wildman–Crippen MR) is 71.1 cm³/mol. The summed E-state index contributed by atoms with van der Waals surface area (Å²) >= 11 is 0. The van der Waals surface area contributed by atoms with Crippen LogP contribution in [0.1, 0.15) is 26.3 Å². The van der Waals surface area contributed by atoms with Crippen LogP contribution in [0.2, 0.25) is 0 Å². The SMILES string of the molecule is COc1cc(OC)c(OC(=O)OC(C)(C)C)cc1C. The molecular weight excluding hydrogens is 248 g/mol. The van der Waals surface area contributed by atoms with E-state index in [0.29, 0.717) is 17.2 Å². The summed E-state index contributed by atoms with van der Waals surface area (Å²) < 4.78 is 20.6. The van der Waals surface area contributed by atoms with Crippen LogP contribution in [0.15, 0.2) is 12.1 Å². The highest BCUT2D eigenvalue weighted by molar-refractivity contribution is 5.66. The van der Waals surface area contributed by atoms with Crippen LogP contribution in [0.4, 0.5) is 4.79 Å². The molecule has 106 valence electrons. The van der Waals surface area contributed by atoms with Gasteiger partial charge in [0, 0.05) is 6.07 Å². The van der Waals surface area contributed by atoms with Crippen molar-refractivity contribution in [3.63, 3.8) is 0 Å². The summed E-state index contributed by atoms with van der Waals surface area (Å²) in [5, 5.41) is 0. The lowest BCUT2D eigenvalue weighted by Crippen LogP contribution is -2.26. The van der Waals surface area contributed by atoms with Crippen molar-refractivity contribution in [2.24, 2.45) is 0 Å². The third-order valence-electron chi connectivity index (χ3n) is 2.26. The molecule has 1 aromatic rings. The Morgan fingerprint density at radius 1 is 1.00 bits per heavy atom. The molecule has 19 heavy (non-hydrogen) atoms. The zero-order valence-electron chi connectivity index (χ0n) is 12.2. The van der Waals surface area contributed by atoms with Crippen molar-refractivity contribution in [1.82, 2.24) is 0 Å². The van der Waals surface area contributed by atoms with Crippen LogP contribution in [0.3, 0.4) is 0 Å². The highest BCUT2D eigenvalue weighted by Gasteiger charge is 2.20. The third kappa shape index (κ3) is 4.35. The number of benzene rings is 1. The van der Waals surface area contributed by atoms with Crippen LogP contribution in [-0.4, -0.2) is 26.0 Å². The van der Waals surface area contributed by atoms with Crippen molar-refractivity contribution in [3.8, 4) is 17.2 Å². The first kappa shape index (κ1) is 15.1. The maximum atomic E-state index is 11.6. The Bertz CT molecular complexity index is 460. The molecule has 0 atom stereocenters. The monoisotopic (exact) mass is 268 g/mol. The van der Waals surface area contributed by atoms with Gasteiger partial charge < -0.3 is 18.9 Å². The summed E-state index contributed by atoms with van der Waals surface area (Å²) in [4.78, 5) is 11.6. The standard InChI is InChI=1S/C14H20O5/c1-9-7-12(11(17-6)8-10(9)16-5)18-13(15)19-14(2,3)4/h7-8H,1-6H3. The molecule has 0 unspecified atom stereocenters. The highest BCUT2D eigenvalue weighted by atomic mass is 16.7. The van der Waals surface area contributed by atoms with E-state index in [2.05, 4.69) is 0 Å². The number of hydrogen-bond acceptors (Lipinski definition) is 5. The molecule has 1 aromatic carbocycles. The molecule has 0 bridgehead atoms. The zero-order chi connectivity index (χ0) is 14.6. The first-order chi connectivity index (χ1) is 8.76. The van der Waals surface area contributed by atoms with Gasteiger partial charge in [-0.15, -0.1) is 0 Å². The molecule has 0 saturated heterocycles. The van der Waals surface area contributed by atoms with E-state index in [-0.39, 0.29) is 0 Å². The van der Waals surface area contributed by atoms with Crippen LogP contribution >= 0.6 is 0 Å². The van der Waals surface area contributed by atoms with Crippen molar-refractivity contribution in [1.29, 1.82) is 0 Å². The minimum Gasteiger partial charge on any atom is -0.496 e. The summed E-state index contributed by atoms with van der Waals surface area (Å²) in [6.07, 6.45) is -0.768. The Labute approximate surface area is 113 Å². The Kier molecular flexibility index (Phi) is 4.64. The van der Waals surface area contributed by atoms with Crippen molar-refractivity contribution in [3.05, 3.63) is 17.7 Å². The van der Waals surface area contributed by atoms with Gasteiger partial charge in [-0.05, 0) is 39.3 Å². The van der Waals surface area contributed by atoms with Crippen LogP contribution in [0, 0.1) is 6.92 Å². The molecule has 0 heterocycles. The van der Waals surface area contributed by atoms with Gasteiger partial charge in [-0.1, -0.05) is 0 Å². The van der Waals surface area contributed by atoms with Gasteiger partial charge in [0.15, 0.2) is 11.5 Å². The molecule has 0 radical (unpaired) electrons. The Morgan fingerprint density at radius 3 is 2.05 bits per heavy atom. The van der Waals surface area contributed by atoms with Gasteiger partial charge >= 0.3 is 6.16 Å². The minimum absolute atomic E-state index is 0.301. The number of carbonyl (C=O) groups is 1. The van der Waals surface area contributed by atoms with Crippen LogP contribution in [0.25, 0.3) is 0 Å². The lowest BCUT2D eigenvalue weighted by atomic mass is 10.2.